The van der Waals surface area contributed by atoms with Crippen LogP contribution in [-0.4, -0.2) is 34.7 Å². The minimum Gasteiger partial charge on any atom is -0.383 e. The third-order valence-corrected chi connectivity index (χ3v) is 4.19. The molecular formula is C12H18N2O3S. The zero-order valence-corrected chi connectivity index (χ0v) is 11.4. The van der Waals surface area contributed by atoms with E-state index in [2.05, 4.69) is 11.8 Å². The summed E-state index contributed by atoms with van der Waals surface area (Å²) in [6.45, 7) is 3.48. The predicted molar refractivity (Wildman–Crippen MR) is 70.2 cm³/mol. The number of nitrogens with two attached hydrogens (primary N) is 1. The Hall–Kier alpha value is -1.11. The summed E-state index contributed by atoms with van der Waals surface area (Å²) >= 11 is 0. The van der Waals surface area contributed by atoms with Gasteiger partial charge in [0, 0.05) is 25.4 Å². The maximum atomic E-state index is 11.4. The number of sulfonamides is 1. The second-order valence-electron chi connectivity index (χ2n) is 4.57. The summed E-state index contributed by atoms with van der Waals surface area (Å²) in [7, 11) is -1.99. The minimum atomic E-state index is -3.64. The number of benzene rings is 1. The molecule has 1 atom stereocenters. The average Bonchev–Trinajstić information content (AvgIpc) is 2.60. The van der Waals surface area contributed by atoms with Crippen molar-refractivity contribution in [3.63, 3.8) is 0 Å². The molecule has 1 aliphatic rings. The topological polar surface area (TPSA) is 72.6 Å². The van der Waals surface area contributed by atoms with Crippen LogP contribution in [0.5, 0.6) is 0 Å². The highest BCUT2D eigenvalue weighted by Crippen LogP contribution is 2.33. The molecule has 1 aromatic carbocycles. The fourth-order valence-electron chi connectivity index (χ4n) is 2.36. The van der Waals surface area contributed by atoms with Crippen molar-refractivity contribution < 1.29 is 13.2 Å². The van der Waals surface area contributed by atoms with Gasteiger partial charge in [-0.3, -0.25) is 0 Å². The monoisotopic (exact) mass is 270 g/mol. The number of hydrogen-bond acceptors (Lipinski definition) is 4. The predicted octanol–water partition coefficient (Wildman–Crippen LogP) is 0.731. The summed E-state index contributed by atoms with van der Waals surface area (Å²) in [5.74, 6) is 0. The Labute approximate surface area is 108 Å². The molecule has 100 valence electrons. The van der Waals surface area contributed by atoms with Crippen molar-refractivity contribution in [1.29, 1.82) is 0 Å². The molecule has 1 aromatic rings. The molecule has 1 unspecified atom stereocenters. The smallest absolute Gasteiger partial charge is 0.238 e. The van der Waals surface area contributed by atoms with E-state index in [-0.39, 0.29) is 4.90 Å². The van der Waals surface area contributed by atoms with E-state index in [1.165, 1.54) is 0 Å². The van der Waals surface area contributed by atoms with Crippen molar-refractivity contribution in [3.05, 3.63) is 23.8 Å². The zero-order chi connectivity index (χ0) is 13.3. The van der Waals surface area contributed by atoms with Crippen LogP contribution in [0.15, 0.2) is 23.1 Å². The third-order valence-electron chi connectivity index (χ3n) is 3.28. The van der Waals surface area contributed by atoms with Crippen LogP contribution in [0.3, 0.4) is 0 Å². The second-order valence-corrected chi connectivity index (χ2v) is 6.14. The van der Waals surface area contributed by atoms with Crippen LogP contribution >= 0.6 is 0 Å². The van der Waals surface area contributed by atoms with Gasteiger partial charge in [-0.2, -0.15) is 0 Å². The fourth-order valence-corrected chi connectivity index (χ4v) is 2.89. The first-order chi connectivity index (χ1) is 8.43. The van der Waals surface area contributed by atoms with Crippen LogP contribution in [0.1, 0.15) is 12.5 Å². The van der Waals surface area contributed by atoms with E-state index in [9.17, 15) is 8.42 Å². The third kappa shape index (κ3) is 2.50. The van der Waals surface area contributed by atoms with Gasteiger partial charge >= 0.3 is 0 Å². The average molecular weight is 270 g/mol. The van der Waals surface area contributed by atoms with Crippen molar-refractivity contribution in [3.8, 4) is 0 Å². The summed E-state index contributed by atoms with van der Waals surface area (Å²) < 4.78 is 27.8. The van der Waals surface area contributed by atoms with E-state index in [0.29, 0.717) is 12.6 Å². The molecule has 0 radical (unpaired) electrons. The number of anilines is 1. The molecule has 18 heavy (non-hydrogen) atoms. The highest BCUT2D eigenvalue weighted by atomic mass is 32.2. The minimum absolute atomic E-state index is 0.165. The van der Waals surface area contributed by atoms with Gasteiger partial charge in [0.1, 0.15) is 0 Å². The SMILES string of the molecule is COCCN1c2cc(S(N)(=O)=O)ccc2CC1C. The summed E-state index contributed by atoms with van der Waals surface area (Å²) in [6, 6.07) is 5.43. The molecule has 0 aliphatic carbocycles. The Morgan fingerprint density at radius 1 is 1.50 bits per heavy atom. The van der Waals surface area contributed by atoms with Gasteiger partial charge in [0.15, 0.2) is 0 Å². The van der Waals surface area contributed by atoms with Crippen LogP contribution < -0.4 is 10.0 Å². The van der Waals surface area contributed by atoms with Gasteiger partial charge in [0.25, 0.3) is 0 Å². The van der Waals surface area contributed by atoms with E-state index < -0.39 is 10.0 Å². The molecule has 0 aromatic heterocycles. The largest absolute Gasteiger partial charge is 0.383 e. The number of methoxy groups -OCH3 is 1. The number of ether oxygens (including phenoxy) is 1. The normalized spacial score (nSPS) is 19.1. The molecular weight excluding hydrogens is 252 g/mol. The molecule has 5 nitrogen and oxygen atoms in total. The van der Waals surface area contributed by atoms with E-state index in [0.717, 1.165) is 24.2 Å². The molecule has 2 N–H and O–H groups in total. The van der Waals surface area contributed by atoms with Crippen LogP contribution in [0.25, 0.3) is 0 Å². The first-order valence-corrected chi connectivity index (χ1v) is 7.39. The molecule has 2 rings (SSSR count). The lowest BCUT2D eigenvalue weighted by molar-refractivity contribution is 0.204. The van der Waals surface area contributed by atoms with E-state index in [4.69, 9.17) is 9.88 Å². The van der Waals surface area contributed by atoms with Crippen molar-refractivity contribution in [2.24, 2.45) is 5.14 Å². The number of hydrogen-bond donors (Lipinski definition) is 1. The highest BCUT2D eigenvalue weighted by molar-refractivity contribution is 7.89. The van der Waals surface area contributed by atoms with E-state index in [1.807, 2.05) is 6.07 Å². The van der Waals surface area contributed by atoms with E-state index in [1.54, 1.807) is 19.2 Å². The maximum absolute atomic E-state index is 11.4. The summed E-state index contributed by atoms with van der Waals surface area (Å²) in [4.78, 5) is 2.32. The van der Waals surface area contributed by atoms with Crippen molar-refractivity contribution in [1.82, 2.24) is 0 Å². The van der Waals surface area contributed by atoms with E-state index >= 15 is 0 Å². The lowest BCUT2D eigenvalue weighted by Crippen LogP contribution is -2.32. The summed E-state index contributed by atoms with van der Waals surface area (Å²) in [5, 5.41) is 5.16. The number of primary sulfonamides is 1. The Bertz CT molecular complexity index is 542. The first-order valence-electron chi connectivity index (χ1n) is 5.85. The highest BCUT2D eigenvalue weighted by Gasteiger charge is 2.26. The van der Waals surface area contributed by atoms with Gasteiger partial charge in [0.2, 0.25) is 10.0 Å². The molecule has 1 aliphatic heterocycles. The maximum Gasteiger partial charge on any atom is 0.238 e. The van der Waals surface area contributed by atoms with Crippen LogP contribution in [0.2, 0.25) is 0 Å². The molecule has 0 fully saturated rings. The van der Waals surface area contributed by atoms with Gasteiger partial charge in [-0.1, -0.05) is 6.07 Å². The Morgan fingerprint density at radius 2 is 2.22 bits per heavy atom. The number of fused-ring (bicyclic) bond motifs is 1. The van der Waals surface area contributed by atoms with Crippen LogP contribution in [0, 0.1) is 0 Å². The molecule has 0 spiro atoms. The Balaban J connectivity index is 2.36. The van der Waals surface area contributed by atoms with Gasteiger partial charge in [-0.25, -0.2) is 13.6 Å². The quantitative estimate of drug-likeness (QED) is 0.875. The molecule has 0 amide bonds. The zero-order valence-electron chi connectivity index (χ0n) is 10.6. The van der Waals surface area contributed by atoms with Gasteiger partial charge < -0.3 is 9.64 Å². The summed E-state index contributed by atoms with van der Waals surface area (Å²) in [5.41, 5.74) is 2.11. The molecule has 6 heteroatoms. The standard InChI is InChI=1S/C12H18N2O3S/c1-9-7-10-3-4-11(18(13,15)16)8-12(10)14(9)5-6-17-2/h3-4,8-9H,5-7H2,1-2H3,(H2,13,15,16). The van der Waals surface area contributed by atoms with Gasteiger partial charge in [0.05, 0.1) is 11.5 Å². The van der Waals surface area contributed by atoms with Crippen molar-refractivity contribution in [2.75, 3.05) is 25.2 Å². The van der Waals surface area contributed by atoms with Gasteiger partial charge in [-0.15, -0.1) is 0 Å². The lowest BCUT2D eigenvalue weighted by atomic mass is 10.1. The molecule has 0 bridgehead atoms. The Morgan fingerprint density at radius 3 is 2.83 bits per heavy atom. The number of nitrogens with zero attached hydrogens (tertiary/aromatic N) is 1. The molecule has 0 saturated carbocycles. The van der Waals surface area contributed by atoms with Crippen molar-refractivity contribution >= 4 is 15.7 Å². The van der Waals surface area contributed by atoms with Gasteiger partial charge in [-0.05, 0) is 31.0 Å². The second kappa shape index (κ2) is 4.87. The lowest BCUT2D eigenvalue weighted by Gasteiger charge is -2.24. The number of rotatable bonds is 4. The summed E-state index contributed by atoms with van der Waals surface area (Å²) in [6.07, 6.45) is 0.921. The fraction of sp³-hybridized carbons (Fsp3) is 0.500. The Kier molecular flexibility index (Phi) is 3.61. The van der Waals surface area contributed by atoms with Crippen LogP contribution in [0.4, 0.5) is 5.69 Å². The molecule has 1 heterocycles. The van der Waals surface area contributed by atoms with Crippen LogP contribution in [-0.2, 0) is 21.2 Å². The first kappa shape index (κ1) is 13.3. The van der Waals surface area contributed by atoms with Crippen molar-refractivity contribution in [2.45, 2.75) is 24.3 Å². The molecule has 0 saturated heterocycles.